The molecule has 0 aliphatic heterocycles. The van der Waals surface area contributed by atoms with Crippen LogP contribution in [0.4, 0.5) is 0 Å². The number of methoxy groups -OCH3 is 1. The Morgan fingerprint density at radius 1 is 1.41 bits per heavy atom. The highest BCUT2D eigenvalue weighted by Crippen LogP contribution is 2.24. The second-order valence-electron chi connectivity index (χ2n) is 4.64. The first-order valence-electron chi connectivity index (χ1n) is 7.00. The van der Waals surface area contributed by atoms with Gasteiger partial charge in [-0.1, -0.05) is 0 Å². The fraction of sp³-hybridized carbons (Fsp3) is 0.400. The van der Waals surface area contributed by atoms with Crippen LogP contribution in [0.25, 0.3) is 11.5 Å². The monoisotopic (exact) mass is 305 g/mol. The summed E-state index contributed by atoms with van der Waals surface area (Å²) in [6, 6.07) is 3.45. The van der Waals surface area contributed by atoms with Crippen LogP contribution in [0.3, 0.4) is 0 Å². The van der Waals surface area contributed by atoms with Gasteiger partial charge in [-0.15, -0.1) is 0 Å². The Hall–Kier alpha value is -2.41. The Morgan fingerprint density at radius 2 is 2.23 bits per heavy atom. The van der Waals surface area contributed by atoms with Crippen LogP contribution in [-0.2, 0) is 4.74 Å². The maximum atomic E-state index is 11.6. The average Bonchev–Trinajstić information content (AvgIpc) is 2.93. The molecule has 0 aromatic carbocycles. The normalized spacial score (nSPS) is 10.5. The zero-order valence-corrected chi connectivity index (χ0v) is 12.7. The maximum absolute atomic E-state index is 11.6. The second kappa shape index (κ2) is 7.56. The van der Waals surface area contributed by atoms with Crippen LogP contribution in [0.15, 0.2) is 22.7 Å². The lowest BCUT2D eigenvalue weighted by atomic mass is 10.2. The number of aryl methyl sites for hydroxylation is 1. The number of carbonyl (C=O) groups excluding carboxylic acids is 1. The van der Waals surface area contributed by atoms with Gasteiger partial charge in [-0.2, -0.15) is 0 Å². The molecule has 22 heavy (non-hydrogen) atoms. The van der Waals surface area contributed by atoms with Crippen molar-refractivity contribution in [2.24, 2.45) is 5.73 Å². The molecule has 0 atom stereocenters. The van der Waals surface area contributed by atoms with Gasteiger partial charge in [0, 0.05) is 17.8 Å². The van der Waals surface area contributed by atoms with Gasteiger partial charge in [0.25, 0.3) is 0 Å². The zero-order chi connectivity index (χ0) is 15.9. The van der Waals surface area contributed by atoms with Crippen molar-refractivity contribution >= 4 is 5.97 Å². The summed E-state index contributed by atoms with van der Waals surface area (Å²) in [7, 11) is 1.30. The Morgan fingerprint density at radius 3 is 2.95 bits per heavy atom. The van der Waals surface area contributed by atoms with E-state index in [1.54, 1.807) is 25.3 Å². The minimum atomic E-state index is -0.528. The molecule has 2 aromatic heterocycles. The van der Waals surface area contributed by atoms with Gasteiger partial charge in [-0.25, -0.2) is 14.8 Å². The highest BCUT2D eigenvalue weighted by molar-refractivity contribution is 5.88. The first-order chi connectivity index (χ1) is 10.7. The lowest BCUT2D eigenvalue weighted by Crippen LogP contribution is -2.04. The molecular weight excluding hydrogens is 286 g/mol. The summed E-state index contributed by atoms with van der Waals surface area (Å²) in [6.07, 6.45) is 3.37. The minimum Gasteiger partial charge on any atom is -0.478 e. The summed E-state index contributed by atoms with van der Waals surface area (Å²) in [5.74, 6) is 0.681. The molecule has 0 amide bonds. The van der Waals surface area contributed by atoms with E-state index in [2.05, 4.69) is 14.7 Å². The van der Waals surface area contributed by atoms with E-state index in [1.807, 2.05) is 0 Å². The lowest BCUT2D eigenvalue weighted by molar-refractivity contribution is 0.0593. The van der Waals surface area contributed by atoms with E-state index < -0.39 is 5.97 Å². The Kier molecular flexibility index (Phi) is 5.48. The van der Waals surface area contributed by atoms with Crippen molar-refractivity contribution in [3.8, 4) is 17.3 Å². The molecule has 0 aliphatic rings. The third-order valence-corrected chi connectivity index (χ3v) is 3.01. The highest BCUT2D eigenvalue weighted by Gasteiger charge is 2.18. The summed E-state index contributed by atoms with van der Waals surface area (Å²) < 4.78 is 15.7. The molecule has 2 heterocycles. The number of hydrogen-bond acceptors (Lipinski definition) is 7. The fourth-order valence-corrected chi connectivity index (χ4v) is 1.85. The smallest absolute Gasteiger partial charge is 0.360 e. The number of aromatic nitrogens is 2. The molecular formula is C15H19N3O4. The van der Waals surface area contributed by atoms with Crippen LogP contribution in [0.1, 0.15) is 29.1 Å². The zero-order valence-electron chi connectivity index (χ0n) is 12.7. The van der Waals surface area contributed by atoms with Gasteiger partial charge in [0.2, 0.25) is 11.8 Å². The van der Waals surface area contributed by atoms with Crippen molar-refractivity contribution < 1.29 is 18.7 Å². The average molecular weight is 305 g/mol. The quantitative estimate of drug-likeness (QED) is 0.616. The van der Waals surface area contributed by atoms with Crippen LogP contribution in [0.2, 0.25) is 0 Å². The number of nitrogens with zero attached hydrogens (tertiary/aromatic N) is 2. The second-order valence-corrected chi connectivity index (χ2v) is 4.64. The van der Waals surface area contributed by atoms with E-state index in [9.17, 15) is 4.79 Å². The molecule has 0 bridgehead atoms. The highest BCUT2D eigenvalue weighted by atomic mass is 16.5. The minimum absolute atomic E-state index is 0.166. The standard InChI is InChI=1S/C15H19N3O4/c1-10-13(15(19)20-2)18-14(22-10)11-5-7-17-12(9-11)21-8-4-3-6-16/h5,7,9H,3-4,6,8,16H2,1-2H3. The fourth-order valence-electron chi connectivity index (χ4n) is 1.85. The molecule has 7 heteroatoms. The maximum Gasteiger partial charge on any atom is 0.360 e. The number of unbranched alkanes of at least 4 members (excludes halogenated alkanes) is 1. The predicted molar refractivity (Wildman–Crippen MR) is 79.6 cm³/mol. The molecule has 0 fully saturated rings. The van der Waals surface area contributed by atoms with Crippen molar-refractivity contribution in [3.05, 3.63) is 29.8 Å². The summed E-state index contributed by atoms with van der Waals surface area (Å²) in [4.78, 5) is 19.8. The van der Waals surface area contributed by atoms with E-state index in [0.717, 1.165) is 12.8 Å². The van der Waals surface area contributed by atoms with Crippen molar-refractivity contribution in [3.63, 3.8) is 0 Å². The third kappa shape index (κ3) is 3.82. The van der Waals surface area contributed by atoms with E-state index in [4.69, 9.17) is 14.9 Å². The van der Waals surface area contributed by atoms with Gasteiger partial charge in [-0.05, 0) is 32.4 Å². The molecule has 2 rings (SSSR count). The number of rotatable bonds is 7. The first kappa shape index (κ1) is 16.0. The number of hydrogen-bond donors (Lipinski definition) is 1. The number of oxazole rings is 1. The summed E-state index contributed by atoms with van der Waals surface area (Å²) in [5, 5.41) is 0. The molecule has 118 valence electrons. The Bertz CT molecular complexity index is 639. The number of ether oxygens (including phenoxy) is 2. The van der Waals surface area contributed by atoms with Crippen LogP contribution in [0.5, 0.6) is 5.88 Å². The summed E-state index contributed by atoms with van der Waals surface area (Å²) in [6.45, 7) is 2.85. The van der Waals surface area contributed by atoms with Gasteiger partial charge in [0.15, 0.2) is 5.69 Å². The number of pyridine rings is 1. The van der Waals surface area contributed by atoms with Crippen molar-refractivity contribution in [2.75, 3.05) is 20.3 Å². The van der Waals surface area contributed by atoms with Gasteiger partial charge < -0.3 is 19.6 Å². The summed E-state index contributed by atoms with van der Waals surface area (Å²) >= 11 is 0. The largest absolute Gasteiger partial charge is 0.478 e. The molecule has 2 aromatic rings. The molecule has 0 aliphatic carbocycles. The van der Waals surface area contributed by atoms with E-state index in [1.165, 1.54) is 7.11 Å². The molecule has 0 unspecified atom stereocenters. The predicted octanol–water partition coefficient (Wildman–Crippen LogP) is 1.95. The van der Waals surface area contributed by atoms with Crippen molar-refractivity contribution in [1.29, 1.82) is 0 Å². The van der Waals surface area contributed by atoms with Gasteiger partial charge >= 0.3 is 5.97 Å². The van der Waals surface area contributed by atoms with Gasteiger partial charge in [0.1, 0.15) is 5.76 Å². The number of nitrogens with two attached hydrogens (primary N) is 1. The Balaban J connectivity index is 2.14. The van der Waals surface area contributed by atoms with Crippen LogP contribution in [0, 0.1) is 6.92 Å². The van der Waals surface area contributed by atoms with Crippen LogP contribution in [-0.4, -0.2) is 36.2 Å². The number of esters is 1. The van der Waals surface area contributed by atoms with Crippen LogP contribution < -0.4 is 10.5 Å². The van der Waals surface area contributed by atoms with E-state index in [-0.39, 0.29) is 5.69 Å². The van der Waals surface area contributed by atoms with Gasteiger partial charge in [0.05, 0.1) is 13.7 Å². The molecule has 0 saturated carbocycles. The molecule has 2 N–H and O–H groups in total. The van der Waals surface area contributed by atoms with Crippen LogP contribution >= 0.6 is 0 Å². The van der Waals surface area contributed by atoms with Crippen molar-refractivity contribution in [2.45, 2.75) is 19.8 Å². The number of carbonyl (C=O) groups is 1. The SMILES string of the molecule is COC(=O)c1nc(-c2ccnc(OCCCCN)c2)oc1C. The summed E-state index contributed by atoms with van der Waals surface area (Å²) in [5.41, 5.74) is 6.28. The topological polar surface area (TPSA) is 100 Å². The molecule has 0 saturated heterocycles. The van der Waals surface area contributed by atoms with E-state index >= 15 is 0 Å². The first-order valence-corrected chi connectivity index (χ1v) is 7.00. The van der Waals surface area contributed by atoms with Crippen molar-refractivity contribution in [1.82, 2.24) is 9.97 Å². The van der Waals surface area contributed by atoms with E-state index in [0.29, 0.717) is 36.2 Å². The molecule has 0 radical (unpaired) electrons. The molecule has 7 nitrogen and oxygen atoms in total. The molecule has 0 spiro atoms. The third-order valence-electron chi connectivity index (χ3n) is 3.01. The lowest BCUT2D eigenvalue weighted by Gasteiger charge is -2.05. The Labute approximate surface area is 128 Å². The van der Waals surface area contributed by atoms with Gasteiger partial charge in [-0.3, -0.25) is 0 Å².